The molecule has 1 atom stereocenters. The molecule has 1 aliphatic heterocycles. The van der Waals surface area contributed by atoms with Crippen LogP contribution in [-0.2, 0) is 14.3 Å². The lowest BCUT2D eigenvalue weighted by atomic mass is 9.95. The van der Waals surface area contributed by atoms with E-state index in [0.29, 0.717) is 30.9 Å². The standard InChI is InChI=1S/C23H24BrNO5/c1-14-13-16(7-10-18(14)30-3)21(26)19-20(15-5-8-17(24)9-6-15)25(11-4-12-29-2)23(28)22(19)27/h5-10,13,20,26H,4,11-12H2,1-3H3/b21-19+. The summed E-state index contributed by atoms with van der Waals surface area (Å²) in [4.78, 5) is 27.3. The number of aryl methyl sites for hydroxylation is 1. The number of ketones is 1. The molecule has 1 fully saturated rings. The quantitative estimate of drug-likeness (QED) is 0.282. The molecule has 1 aliphatic rings. The van der Waals surface area contributed by atoms with Crippen LogP contribution in [0.3, 0.4) is 0 Å². The van der Waals surface area contributed by atoms with E-state index in [1.54, 1.807) is 32.4 Å². The summed E-state index contributed by atoms with van der Waals surface area (Å²) >= 11 is 3.41. The van der Waals surface area contributed by atoms with E-state index in [4.69, 9.17) is 9.47 Å². The lowest BCUT2D eigenvalue weighted by molar-refractivity contribution is -0.140. The first-order valence-corrected chi connectivity index (χ1v) is 10.4. The van der Waals surface area contributed by atoms with Gasteiger partial charge < -0.3 is 19.5 Å². The molecule has 1 amide bonds. The third-order valence-electron chi connectivity index (χ3n) is 5.14. The van der Waals surface area contributed by atoms with E-state index in [0.717, 1.165) is 15.6 Å². The van der Waals surface area contributed by atoms with Crippen molar-refractivity contribution >= 4 is 33.4 Å². The van der Waals surface area contributed by atoms with Crippen molar-refractivity contribution in [2.24, 2.45) is 0 Å². The number of rotatable bonds is 7. The van der Waals surface area contributed by atoms with E-state index in [9.17, 15) is 14.7 Å². The Kier molecular flexibility index (Phi) is 6.95. The van der Waals surface area contributed by atoms with Gasteiger partial charge in [0.1, 0.15) is 11.5 Å². The van der Waals surface area contributed by atoms with E-state index < -0.39 is 17.7 Å². The average Bonchev–Trinajstić information content (AvgIpc) is 2.99. The normalized spacial score (nSPS) is 18.1. The fourth-order valence-electron chi connectivity index (χ4n) is 3.66. The largest absolute Gasteiger partial charge is 0.507 e. The molecule has 30 heavy (non-hydrogen) atoms. The van der Waals surface area contributed by atoms with Gasteiger partial charge >= 0.3 is 0 Å². The van der Waals surface area contributed by atoms with Crippen LogP contribution >= 0.6 is 15.9 Å². The van der Waals surface area contributed by atoms with E-state index in [-0.39, 0.29) is 11.3 Å². The monoisotopic (exact) mass is 473 g/mol. The Morgan fingerprint density at radius 1 is 1.13 bits per heavy atom. The number of halogens is 1. The van der Waals surface area contributed by atoms with Crippen LogP contribution in [0.15, 0.2) is 52.5 Å². The minimum atomic E-state index is -0.689. The van der Waals surface area contributed by atoms with Gasteiger partial charge in [-0.2, -0.15) is 0 Å². The molecule has 0 aromatic heterocycles. The zero-order valence-corrected chi connectivity index (χ0v) is 18.7. The minimum Gasteiger partial charge on any atom is -0.507 e. The summed E-state index contributed by atoms with van der Waals surface area (Å²) in [7, 11) is 3.16. The number of nitrogens with zero attached hydrogens (tertiary/aromatic N) is 1. The van der Waals surface area contributed by atoms with Gasteiger partial charge in [-0.05, 0) is 54.8 Å². The first-order valence-electron chi connectivity index (χ1n) is 9.56. The zero-order chi connectivity index (χ0) is 21.8. The van der Waals surface area contributed by atoms with Crippen LogP contribution in [0.5, 0.6) is 5.75 Å². The van der Waals surface area contributed by atoms with Gasteiger partial charge in [0, 0.05) is 30.3 Å². The predicted molar refractivity (Wildman–Crippen MR) is 117 cm³/mol. The summed E-state index contributed by atoms with van der Waals surface area (Å²) < 4.78 is 11.3. The number of methoxy groups -OCH3 is 2. The zero-order valence-electron chi connectivity index (χ0n) is 17.1. The highest BCUT2D eigenvalue weighted by Gasteiger charge is 2.45. The lowest BCUT2D eigenvalue weighted by Crippen LogP contribution is -2.31. The SMILES string of the molecule is COCCCN1C(=O)C(=O)/C(=C(/O)c2ccc(OC)c(C)c2)C1c1ccc(Br)cc1. The number of aliphatic hydroxyl groups excluding tert-OH is 1. The van der Waals surface area contributed by atoms with Crippen LogP contribution < -0.4 is 4.74 Å². The van der Waals surface area contributed by atoms with Crippen LogP contribution in [0.1, 0.15) is 29.2 Å². The fourth-order valence-corrected chi connectivity index (χ4v) is 3.93. The molecule has 2 aromatic carbocycles. The molecule has 0 aliphatic carbocycles. The summed E-state index contributed by atoms with van der Waals surface area (Å²) in [5, 5.41) is 11.1. The van der Waals surface area contributed by atoms with Gasteiger partial charge in [0.15, 0.2) is 0 Å². The van der Waals surface area contributed by atoms with Crippen LogP contribution in [0.4, 0.5) is 0 Å². The van der Waals surface area contributed by atoms with Crippen LogP contribution in [0.25, 0.3) is 5.76 Å². The van der Waals surface area contributed by atoms with Crippen LogP contribution in [-0.4, -0.2) is 49.1 Å². The molecule has 1 unspecified atom stereocenters. The number of carbonyl (C=O) groups is 2. The Morgan fingerprint density at radius 2 is 1.83 bits per heavy atom. The van der Waals surface area contributed by atoms with Crippen molar-refractivity contribution in [3.05, 3.63) is 69.2 Å². The molecule has 0 radical (unpaired) electrons. The average molecular weight is 474 g/mol. The van der Waals surface area contributed by atoms with Gasteiger partial charge in [-0.25, -0.2) is 0 Å². The lowest BCUT2D eigenvalue weighted by Gasteiger charge is -2.25. The molecule has 2 aromatic rings. The number of hydrogen-bond acceptors (Lipinski definition) is 5. The first kappa shape index (κ1) is 22.1. The Morgan fingerprint density at radius 3 is 2.43 bits per heavy atom. The van der Waals surface area contributed by atoms with E-state index >= 15 is 0 Å². The van der Waals surface area contributed by atoms with Crippen LogP contribution in [0, 0.1) is 6.92 Å². The highest BCUT2D eigenvalue weighted by Crippen LogP contribution is 2.40. The molecule has 1 heterocycles. The van der Waals surface area contributed by atoms with Crippen molar-refractivity contribution in [2.45, 2.75) is 19.4 Å². The molecule has 3 rings (SSSR count). The molecule has 6 nitrogen and oxygen atoms in total. The van der Waals surface area contributed by atoms with Gasteiger partial charge in [0.2, 0.25) is 0 Å². The molecular weight excluding hydrogens is 450 g/mol. The second kappa shape index (κ2) is 9.45. The highest BCUT2D eigenvalue weighted by molar-refractivity contribution is 9.10. The number of Topliss-reactive ketones (excluding diaryl/α,β-unsaturated/α-hetero) is 1. The van der Waals surface area contributed by atoms with Gasteiger partial charge in [0.25, 0.3) is 11.7 Å². The summed E-state index contributed by atoms with van der Waals surface area (Å²) in [6.45, 7) is 2.66. The number of benzene rings is 2. The second-order valence-electron chi connectivity index (χ2n) is 7.07. The van der Waals surface area contributed by atoms with Crippen molar-refractivity contribution in [3.63, 3.8) is 0 Å². The number of amides is 1. The van der Waals surface area contributed by atoms with Gasteiger partial charge in [-0.15, -0.1) is 0 Å². The summed E-state index contributed by atoms with van der Waals surface area (Å²) in [5.41, 5.74) is 2.12. The maximum atomic E-state index is 12.9. The first-order chi connectivity index (χ1) is 14.4. The van der Waals surface area contributed by atoms with E-state index in [1.165, 1.54) is 4.90 Å². The van der Waals surface area contributed by atoms with Crippen molar-refractivity contribution in [3.8, 4) is 5.75 Å². The fraction of sp³-hybridized carbons (Fsp3) is 0.304. The molecule has 0 saturated carbocycles. The maximum absolute atomic E-state index is 12.9. The molecule has 1 saturated heterocycles. The molecule has 0 bridgehead atoms. The summed E-state index contributed by atoms with van der Waals surface area (Å²) in [5.74, 6) is -0.825. The van der Waals surface area contributed by atoms with E-state index in [2.05, 4.69) is 15.9 Å². The molecule has 0 spiro atoms. The van der Waals surface area contributed by atoms with E-state index in [1.807, 2.05) is 31.2 Å². The minimum absolute atomic E-state index is 0.0873. The maximum Gasteiger partial charge on any atom is 0.295 e. The number of likely N-dealkylation sites (tertiary alicyclic amines) is 1. The highest BCUT2D eigenvalue weighted by atomic mass is 79.9. The number of hydrogen-bond donors (Lipinski definition) is 1. The molecule has 7 heteroatoms. The summed E-state index contributed by atoms with van der Waals surface area (Å²) in [6.07, 6.45) is 0.582. The number of ether oxygens (including phenoxy) is 2. The van der Waals surface area contributed by atoms with Gasteiger partial charge in [-0.1, -0.05) is 28.1 Å². The van der Waals surface area contributed by atoms with Crippen molar-refractivity contribution in [1.82, 2.24) is 4.90 Å². The Balaban J connectivity index is 2.12. The third-order valence-corrected chi connectivity index (χ3v) is 5.67. The van der Waals surface area contributed by atoms with Crippen LogP contribution in [0.2, 0.25) is 0 Å². The summed E-state index contributed by atoms with van der Waals surface area (Å²) in [6, 6.07) is 11.9. The Labute approximate surface area is 184 Å². The number of aliphatic hydroxyl groups is 1. The van der Waals surface area contributed by atoms with Crippen molar-refractivity contribution in [2.75, 3.05) is 27.4 Å². The molecular formula is C23H24BrNO5. The van der Waals surface area contributed by atoms with Crippen molar-refractivity contribution in [1.29, 1.82) is 0 Å². The second-order valence-corrected chi connectivity index (χ2v) is 7.99. The molecule has 1 N–H and O–H groups in total. The Bertz CT molecular complexity index is 984. The van der Waals surface area contributed by atoms with Gasteiger partial charge in [-0.3, -0.25) is 9.59 Å². The topological polar surface area (TPSA) is 76.1 Å². The smallest absolute Gasteiger partial charge is 0.295 e. The predicted octanol–water partition coefficient (Wildman–Crippen LogP) is 4.22. The number of carbonyl (C=O) groups excluding carboxylic acids is 2. The third kappa shape index (κ3) is 4.27. The Hall–Kier alpha value is -2.64. The van der Waals surface area contributed by atoms with Gasteiger partial charge in [0.05, 0.1) is 18.7 Å². The van der Waals surface area contributed by atoms with Crippen molar-refractivity contribution < 1.29 is 24.2 Å². The molecule has 158 valence electrons.